The van der Waals surface area contributed by atoms with Gasteiger partial charge in [0.2, 0.25) is 5.13 Å². The number of phenols is 1. The first-order valence-electron chi connectivity index (χ1n) is 7.28. The first-order valence-corrected chi connectivity index (χ1v) is 8.05. The predicted molar refractivity (Wildman–Crippen MR) is 88.1 cm³/mol. The van der Waals surface area contributed by atoms with Crippen molar-refractivity contribution in [3.05, 3.63) is 35.7 Å². The highest BCUT2D eigenvalue weighted by Gasteiger charge is 2.21. The molecule has 0 saturated heterocycles. The maximum Gasteiger partial charge on any atom is 0.205 e. The molecule has 2 aromatic rings. The summed E-state index contributed by atoms with van der Waals surface area (Å²) in [6, 6.07) is 7.45. The van der Waals surface area contributed by atoms with Gasteiger partial charge in [0, 0.05) is 35.6 Å². The predicted octanol–water partition coefficient (Wildman–Crippen LogP) is 3.96. The molecule has 0 amide bonds. The lowest BCUT2D eigenvalue weighted by Gasteiger charge is -2.21. The van der Waals surface area contributed by atoms with Crippen molar-refractivity contribution in [2.45, 2.75) is 46.1 Å². The van der Waals surface area contributed by atoms with Crippen LogP contribution in [0.2, 0.25) is 0 Å². The second-order valence-corrected chi connectivity index (χ2v) is 6.93. The SMILES string of the molecule is CCCN(Cc1ccccc1O)c1nc(C(C)(C)C)ns1. The smallest absolute Gasteiger partial charge is 0.205 e. The Hall–Kier alpha value is -1.62. The normalized spacial score (nSPS) is 11.6. The van der Waals surface area contributed by atoms with E-state index >= 15 is 0 Å². The second-order valence-electron chi connectivity index (χ2n) is 6.20. The van der Waals surface area contributed by atoms with Crippen LogP contribution >= 0.6 is 11.5 Å². The fourth-order valence-corrected chi connectivity index (χ4v) is 2.89. The molecule has 0 aliphatic heterocycles. The van der Waals surface area contributed by atoms with E-state index in [9.17, 15) is 5.11 Å². The minimum atomic E-state index is -0.0402. The molecule has 5 heteroatoms. The molecule has 21 heavy (non-hydrogen) atoms. The molecule has 1 aromatic carbocycles. The molecule has 0 aliphatic carbocycles. The minimum Gasteiger partial charge on any atom is -0.508 e. The van der Waals surface area contributed by atoms with Crippen molar-refractivity contribution < 1.29 is 5.11 Å². The molecule has 4 nitrogen and oxygen atoms in total. The third-order valence-electron chi connectivity index (χ3n) is 3.20. The van der Waals surface area contributed by atoms with Gasteiger partial charge in [-0.15, -0.1) is 0 Å². The molecular weight excluding hydrogens is 282 g/mol. The van der Waals surface area contributed by atoms with E-state index in [4.69, 9.17) is 0 Å². The van der Waals surface area contributed by atoms with Crippen molar-refractivity contribution in [3.63, 3.8) is 0 Å². The summed E-state index contributed by atoms with van der Waals surface area (Å²) in [5, 5.41) is 10.9. The number of nitrogens with zero attached hydrogens (tertiary/aromatic N) is 3. The van der Waals surface area contributed by atoms with Crippen molar-refractivity contribution in [1.82, 2.24) is 9.36 Å². The van der Waals surface area contributed by atoms with Gasteiger partial charge in [-0.3, -0.25) is 0 Å². The number of rotatable bonds is 5. The monoisotopic (exact) mass is 305 g/mol. The largest absolute Gasteiger partial charge is 0.508 e. The van der Waals surface area contributed by atoms with E-state index < -0.39 is 0 Å². The second kappa shape index (κ2) is 6.43. The van der Waals surface area contributed by atoms with Gasteiger partial charge in [0.25, 0.3) is 0 Å². The first-order chi connectivity index (χ1) is 9.91. The van der Waals surface area contributed by atoms with E-state index in [0.29, 0.717) is 12.3 Å². The van der Waals surface area contributed by atoms with E-state index in [2.05, 4.69) is 42.0 Å². The average molecular weight is 305 g/mol. The van der Waals surface area contributed by atoms with Gasteiger partial charge in [0.15, 0.2) is 0 Å². The van der Waals surface area contributed by atoms with Crippen LogP contribution in [0.5, 0.6) is 5.75 Å². The van der Waals surface area contributed by atoms with E-state index in [0.717, 1.165) is 29.5 Å². The van der Waals surface area contributed by atoms with Gasteiger partial charge in [0.05, 0.1) is 0 Å². The Labute approximate surface area is 130 Å². The fourth-order valence-electron chi connectivity index (χ4n) is 2.01. The molecule has 0 fully saturated rings. The zero-order valence-electron chi connectivity index (χ0n) is 13.1. The van der Waals surface area contributed by atoms with Crippen LogP contribution in [0.1, 0.15) is 45.5 Å². The highest BCUT2D eigenvalue weighted by atomic mass is 32.1. The molecule has 2 rings (SSSR count). The number of aromatic nitrogens is 2. The number of phenolic OH excluding ortho intramolecular Hbond substituents is 1. The Morgan fingerprint density at radius 2 is 1.95 bits per heavy atom. The average Bonchev–Trinajstić information content (AvgIpc) is 2.90. The standard InChI is InChI=1S/C16H23N3OS/c1-5-10-19(11-12-8-6-7-9-13(12)20)15-17-14(18-21-15)16(2,3)4/h6-9,20H,5,10-11H2,1-4H3. The van der Waals surface area contributed by atoms with Crippen LogP contribution in [0.3, 0.4) is 0 Å². The van der Waals surface area contributed by atoms with Crippen LogP contribution in [0.4, 0.5) is 5.13 Å². The van der Waals surface area contributed by atoms with Gasteiger partial charge in [-0.2, -0.15) is 4.37 Å². The van der Waals surface area contributed by atoms with Crippen LogP contribution in [-0.2, 0) is 12.0 Å². The Morgan fingerprint density at radius 1 is 1.24 bits per heavy atom. The molecule has 1 heterocycles. The summed E-state index contributed by atoms with van der Waals surface area (Å²) in [4.78, 5) is 6.86. The summed E-state index contributed by atoms with van der Waals surface area (Å²) in [5.74, 6) is 1.21. The van der Waals surface area contributed by atoms with Crippen molar-refractivity contribution >= 4 is 16.7 Å². The van der Waals surface area contributed by atoms with E-state index in [1.807, 2.05) is 18.2 Å². The molecule has 1 aromatic heterocycles. The summed E-state index contributed by atoms with van der Waals surface area (Å²) in [6.07, 6.45) is 1.03. The molecule has 114 valence electrons. The lowest BCUT2D eigenvalue weighted by molar-refractivity contribution is 0.467. The van der Waals surface area contributed by atoms with Gasteiger partial charge in [-0.1, -0.05) is 45.9 Å². The van der Waals surface area contributed by atoms with Crippen LogP contribution in [0.25, 0.3) is 0 Å². The third-order valence-corrected chi connectivity index (χ3v) is 3.98. The number of para-hydroxylation sites is 1. The number of hydrogen-bond donors (Lipinski definition) is 1. The third kappa shape index (κ3) is 3.94. The highest BCUT2D eigenvalue weighted by molar-refractivity contribution is 7.09. The molecule has 0 atom stereocenters. The van der Waals surface area contributed by atoms with Gasteiger partial charge >= 0.3 is 0 Å². The topological polar surface area (TPSA) is 49.2 Å². The molecule has 0 radical (unpaired) electrons. The summed E-state index contributed by atoms with van der Waals surface area (Å²) in [7, 11) is 0. The first kappa shape index (κ1) is 15.8. The molecule has 0 bridgehead atoms. The molecule has 0 saturated carbocycles. The van der Waals surface area contributed by atoms with Gasteiger partial charge in [-0.25, -0.2) is 4.98 Å². The van der Waals surface area contributed by atoms with Crippen molar-refractivity contribution in [3.8, 4) is 5.75 Å². The van der Waals surface area contributed by atoms with E-state index in [-0.39, 0.29) is 5.41 Å². The van der Waals surface area contributed by atoms with Crippen LogP contribution in [0, 0.1) is 0 Å². The van der Waals surface area contributed by atoms with Gasteiger partial charge < -0.3 is 10.0 Å². The lowest BCUT2D eigenvalue weighted by atomic mass is 9.96. The van der Waals surface area contributed by atoms with Crippen molar-refractivity contribution in [2.75, 3.05) is 11.4 Å². The number of hydrogen-bond acceptors (Lipinski definition) is 5. The van der Waals surface area contributed by atoms with Crippen molar-refractivity contribution in [2.24, 2.45) is 0 Å². The molecule has 0 spiro atoms. The maximum absolute atomic E-state index is 9.95. The summed E-state index contributed by atoms with van der Waals surface area (Å²) in [6.45, 7) is 10.0. The quantitative estimate of drug-likeness (QED) is 0.908. The molecule has 0 aliphatic rings. The Kier molecular flexibility index (Phi) is 4.83. The number of anilines is 1. The summed E-state index contributed by atoms with van der Waals surface area (Å²) >= 11 is 1.43. The molecule has 0 unspecified atom stereocenters. The Morgan fingerprint density at radius 3 is 2.52 bits per heavy atom. The van der Waals surface area contributed by atoms with Crippen LogP contribution in [0.15, 0.2) is 24.3 Å². The summed E-state index contributed by atoms with van der Waals surface area (Å²) < 4.78 is 4.48. The highest BCUT2D eigenvalue weighted by Crippen LogP contribution is 2.27. The van der Waals surface area contributed by atoms with Crippen LogP contribution < -0.4 is 4.90 Å². The van der Waals surface area contributed by atoms with Crippen LogP contribution in [-0.4, -0.2) is 21.0 Å². The van der Waals surface area contributed by atoms with E-state index in [1.54, 1.807) is 6.07 Å². The molecular formula is C16H23N3OS. The number of benzene rings is 1. The lowest BCUT2D eigenvalue weighted by Crippen LogP contribution is -2.24. The van der Waals surface area contributed by atoms with Crippen molar-refractivity contribution in [1.29, 1.82) is 0 Å². The zero-order chi connectivity index (χ0) is 15.5. The van der Waals surface area contributed by atoms with Gasteiger partial charge in [0.1, 0.15) is 11.6 Å². The minimum absolute atomic E-state index is 0.0402. The Bertz CT molecular complexity index is 589. The molecule has 1 N–H and O–H groups in total. The Balaban J connectivity index is 2.23. The van der Waals surface area contributed by atoms with E-state index in [1.165, 1.54) is 11.5 Å². The zero-order valence-corrected chi connectivity index (χ0v) is 13.9. The fraction of sp³-hybridized carbons (Fsp3) is 0.500. The summed E-state index contributed by atoms with van der Waals surface area (Å²) in [5.41, 5.74) is 0.875. The van der Waals surface area contributed by atoms with Gasteiger partial charge in [-0.05, 0) is 12.5 Å². The maximum atomic E-state index is 9.95. The number of aromatic hydroxyl groups is 1.